The van der Waals surface area contributed by atoms with E-state index in [9.17, 15) is 8.42 Å². The molecule has 0 spiro atoms. The Morgan fingerprint density at radius 3 is 2.26 bits per heavy atom. The Morgan fingerprint density at radius 2 is 1.79 bits per heavy atom. The van der Waals surface area contributed by atoms with Crippen LogP contribution < -0.4 is 0 Å². The zero-order valence-corrected chi connectivity index (χ0v) is 13.0. The van der Waals surface area contributed by atoms with Crippen molar-refractivity contribution in [3.63, 3.8) is 0 Å². The Morgan fingerprint density at radius 1 is 1.21 bits per heavy atom. The standard InChI is InChI=1S/C13H21ClN2O2S/c1-3-5-10-16(11-6-4-2)19(17,18)12-8-7-9-15-13(12)14/h7-9H,3-6,10-11H2,1-2H3. The number of sulfonamides is 1. The van der Waals surface area contributed by atoms with Crippen molar-refractivity contribution in [2.75, 3.05) is 13.1 Å². The molecule has 1 aromatic heterocycles. The van der Waals surface area contributed by atoms with E-state index in [1.807, 2.05) is 13.8 Å². The topological polar surface area (TPSA) is 50.3 Å². The summed E-state index contributed by atoms with van der Waals surface area (Å²) >= 11 is 5.90. The van der Waals surface area contributed by atoms with Crippen molar-refractivity contribution in [1.29, 1.82) is 0 Å². The Labute approximate surface area is 120 Å². The summed E-state index contributed by atoms with van der Waals surface area (Å²) in [5.41, 5.74) is 0. The fraction of sp³-hybridized carbons (Fsp3) is 0.615. The van der Waals surface area contributed by atoms with E-state index >= 15 is 0 Å². The lowest BCUT2D eigenvalue weighted by Gasteiger charge is -2.22. The van der Waals surface area contributed by atoms with Gasteiger partial charge in [-0.3, -0.25) is 0 Å². The van der Waals surface area contributed by atoms with Crippen molar-refractivity contribution in [2.24, 2.45) is 0 Å². The Bertz CT molecular complexity index is 483. The molecular weight excluding hydrogens is 284 g/mol. The second-order valence-corrected chi connectivity index (χ2v) is 6.67. The van der Waals surface area contributed by atoms with Gasteiger partial charge >= 0.3 is 0 Å². The molecule has 0 saturated carbocycles. The van der Waals surface area contributed by atoms with Gasteiger partial charge in [0.05, 0.1) is 0 Å². The van der Waals surface area contributed by atoms with E-state index in [1.165, 1.54) is 16.6 Å². The molecule has 0 unspecified atom stereocenters. The van der Waals surface area contributed by atoms with Crippen LogP contribution in [0, 0.1) is 0 Å². The highest BCUT2D eigenvalue weighted by Crippen LogP contribution is 2.22. The van der Waals surface area contributed by atoms with Crippen LogP contribution in [-0.2, 0) is 10.0 Å². The van der Waals surface area contributed by atoms with E-state index in [-0.39, 0.29) is 10.0 Å². The Hall–Kier alpha value is -0.650. The number of hydrogen-bond donors (Lipinski definition) is 0. The van der Waals surface area contributed by atoms with E-state index in [4.69, 9.17) is 11.6 Å². The van der Waals surface area contributed by atoms with Crippen molar-refractivity contribution < 1.29 is 8.42 Å². The summed E-state index contributed by atoms with van der Waals surface area (Å²) in [6, 6.07) is 3.10. The first kappa shape index (κ1) is 16.4. The molecule has 1 rings (SSSR count). The first-order valence-electron chi connectivity index (χ1n) is 6.64. The van der Waals surface area contributed by atoms with E-state index in [0.29, 0.717) is 13.1 Å². The lowest BCUT2D eigenvalue weighted by atomic mass is 10.3. The largest absolute Gasteiger partial charge is 0.246 e. The summed E-state index contributed by atoms with van der Waals surface area (Å²) in [4.78, 5) is 3.95. The maximum atomic E-state index is 12.6. The normalized spacial score (nSPS) is 12.0. The molecular formula is C13H21ClN2O2S. The van der Waals surface area contributed by atoms with E-state index in [0.717, 1.165) is 25.7 Å². The predicted octanol–water partition coefficient (Wildman–Crippen LogP) is 3.33. The molecule has 0 N–H and O–H groups in total. The Kier molecular flexibility index (Phi) is 6.75. The van der Waals surface area contributed by atoms with E-state index in [1.54, 1.807) is 6.07 Å². The van der Waals surface area contributed by atoms with Gasteiger partial charge in [-0.25, -0.2) is 13.4 Å². The fourth-order valence-electron chi connectivity index (χ4n) is 1.72. The molecule has 0 atom stereocenters. The zero-order valence-electron chi connectivity index (χ0n) is 11.5. The van der Waals surface area contributed by atoms with Crippen LogP contribution in [0.25, 0.3) is 0 Å². The monoisotopic (exact) mass is 304 g/mol. The van der Waals surface area contributed by atoms with Crippen LogP contribution in [0.3, 0.4) is 0 Å². The summed E-state index contributed by atoms with van der Waals surface area (Å²) in [6.07, 6.45) is 5.10. The SMILES string of the molecule is CCCCN(CCCC)S(=O)(=O)c1cccnc1Cl. The molecule has 0 saturated heterocycles. The molecule has 4 nitrogen and oxygen atoms in total. The van der Waals surface area contributed by atoms with Crippen LogP contribution in [0.2, 0.25) is 5.15 Å². The minimum Gasteiger partial charge on any atom is -0.243 e. The van der Waals surface area contributed by atoms with Crippen LogP contribution in [0.4, 0.5) is 0 Å². The highest BCUT2D eigenvalue weighted by molar-refractivity contribution is 7.89. The molecule has 0 radical (unpaired) electrons. The van der Waals surface area contributed by atoms with Gasteiger partial charge in [-0.15, -0.1) is 0 Å². The molecule has 0 aliphatic heterocycles. The lowest BCUT2D eigenvalue weighted by molar-refractivity contribution is 0.395. The Balaban J connectivity index is 3.01. The second-order valence-electron chi connectivity index (χ2n) is 4.40. The third kappa shape index (κ3) is 4.44. The number of aromatic nitrogens is 1. The molecule has 0 fully saturated rings. The minimum absolute atomic E-state index is 0.0421. The number of halogens is 1. The summed E-state index contributed by atoms with van der Waals surface area (Å²) in [5.74, 6) is 0. The van der Waals surface area contributed by atoms with Crippen LogP contribution in [0.1, 0.15) is 39.5 Å². The number of nitrogens with zero attached hydrogens (tertiary/aromatic N) is 2. The first-order valence-corrected chi connectivity index (χ1v) is 8.46. The number of unbranched alkanes of at least 4 members (excludes halogenated alkanes) is 2. The second kappa shape index (κ2) is 7.82. The minimum atomic E-state index is -3.54. The van der Waals surface area contributed by atoms with Crippen LogP contribution in [-0.4, -0.2) is 30.8 Å². The van der Waals surface area contributed by atoms with Crippen molar-refractivity contribution in [3.8, 4) is 0 Å². The van der Waals surface area contributed by atoms with Gasteiger partial charge in [0.25, 0.3) is 0 Å². The molecule has 0 aromatic carbocycles. The van der Waals surface area contributed by atoms with Crippen molar-refractivity contribution >= 4 is 21.6 Å². The lowest BCUT2D eigenvalue weighted by Crippen LogP contribution is -2.33. The van der Waals surface area contributed by atoms with Gasteiger partial charge in [-0.1, -0.05) is 38.3 Å². The number of hydrogen-bond acceptors (Lipinski definition) is 3. The van der Waals surface area contributed by atoms with Gasteiger partial charge in [0.1, 0.15) is 10.0 Å². The van der Waals surface area contributed by atoms with Gasteiger partial charge in [-0.2, -0.15) is 4.31 Å². The van der Waals surface area contributed by atoms with Crippen LogP contribution in [0.15, 0.2) is 23.2 Å². The van der Waals surface area contributed by atoms with Crippen molar-refractivity contribution in [1.82, 2.24) is 9.29 Å². The van der Waals surface area contributed by atoms with Gasteiger partial charge in [0.15, 0.2) is 0 Å². The fourth-order valence-corrected chi connectivity index (χ4v) is 3.67. The average molecular weight is 305 g/mol. The van der Waals surface area contributed by atoms with Gasteiger partial charge in [0.2, 0.25) is 10.0 Å². The smallest absolute Gasteiger partial charge is 0.243 e. The van der Waals surface area contributed by atoms with E-state index in [2.05, 4.69) is 4.98 Å². The quantitative estimate of drug-likeness (QED) is 0.692. The van der Waals surface area contributed by atoms with E-state index < -0.39 is 10.0 Å². The van der Waals surface area contributed by atoms with Gasteiger partial charge in [0, 0.05) is 19.3 Å². The predicted molar refractivity (Wildman–Crippen MR) is 77.8 cm³/mol. The highest BCUT2D eigenvalue weighted by atomic mass is 35.5. The maximum absolute atomic E-state index is 12.6. The molecule has 0 aliphatic carbocycles. The van der Waals surface area contributed by atoms with Gasteiger partial charge in [-0.05, 0) is 25.0 Å². The molecule has 6 heteroatoms. The molecule has 108 valence electrons. The number of rotatable bonds is 8. The summed E-state index contributed by atoms with van der Waals surface area (Å²) in [5, 5.41) is 0.0421. The summed E-state index contributed by atoms with van der Waals surface area (Å²) in [6.45, 7) is 5.15. The summed E-state index contributed by atoms with van der Waals surface area (Å²) in [7, 11) is -3.54. The van der Waals surface area contributed by atoms with Crippen molar-refractivity contribution in [2.45, 2.75) is 44.4 Å². The molecule has 0 amide bonds. The third-order valence-electron chi connectivity index (χ3n) is 2.86. The molecule has 1 heterocycles. The number of pyridine rings is 1. The first-order chi connectivity index (χ1) is 9.04. The van der Waals surface area contributed by atoms with Crippen LogP contribution in [0.5, 0.6) is 0 Å². The zero-order chi connectivity index (χ0) is 14.3. The average Bonchev–Trinajstić information content (AvgIpc) is 2.39. The molecule has 1 aromatic rings. The van der Waals surface area contributed by atoms with Crippen molar-refractivity contribution in [3.05, 3.63) is 23.5 Å². The molecule has 19 heavy (non-hydrogen) atoms. The molecule has 0 aliphatic rings. The molecule has 0 bridgehead atoms. The maximum Gasteiger partial charge on any atom is 0.246 e. The van der Waals surface area contributed by atoms with Gasteiger partial charge < -0.3 is 0 Å². The van der Waals surface area contributed by atoms with Crippen LogP contribution >= 0.6 is 11.6 Å². The highest BCUT2D eigenvalue weighted by Gasteiger charge is 2.26. The summed E-state index contributed by atoms with van der Waals surface area (Å²) < 4.78 is 26.6. The third-order valence-corrected chi connectivity index (χ3v) is 5.21.